The van der Waals surface area contributed by atoms with E-state index in [1.807, 2.05) is 0 Å². The fourth-order valence-corrected chi connectivity index (χ4v) is 2.52. The normalized spacial score (nSPS) is 11.0. The van der Waals surface area contributed by atoms with E-state index in [1.54, 1.807) is 0 Å². The number of nitrogens with one attached hydrogen (secondary N) is 1. The van der Waals surface area contributed by atoms with Gasteiger partial charge in [-0.25, -0.2) is 0 Å². The van der Waals surface area contributed by atoms with Crippen LogP contribution in [0.3, 0.4) is 0 Å². The maximum Gasteiger partial charge on any atom is 0.271 e. The van der Waals surface area contributed by atoms with Gasteiger partial charge >= 0.3 is 0 Å². The maximum atomic E-state index is 10.9. The van der Waals surface area contributed by atoms with Gasteiger partial charge in [0.05, 0.1) is 15.6 Å². The van der Waals surface area contributed by atoms with E-state index in [0.29, 0.717) is 27.7 Å². The molecule has 0 aliphatic heterocycles. The van der Waals surface area contributed by atoms with Crippen LogP contribution in [0, 0.1) is 22.0 Å². The van der Waals surface area contributed by atoms with Crippen LogP contribution in [0.2, 0.25) is 5.02 Å². The van der Waals surface area contributed by atoms with Gasteiger partial charge in [-0.2, -0.15) is 0 Å². The van der Waals surface area contributed by atoms with Crippen LogP contribution in [-0.2, 0) is 0 Å². The van der Waals surface area contributed by atoms with Gasteiger partial charge < -0.3 is 10.2 Å². The number of halogens is 1. The van der Waals surface area contributed by atoms with Crippen molar-refractivity contribution >= 4 is 40.3 Å². The van der Waals surface area contributed by atoms with Crippen LogP contribution in [-0.4, -0.2) is 28.0 Å². The molecule has 7 heteroatoms. The summed E-state index contributed by atoms with van der Waals surface area (Å²) >= 11 is 11.7. The van der Waals surface area contributed by atoms with Crippen molar-refractivity contribution in [2.45, 2.75) is 40.5 Å². The minimum Gasteiger partial charge on any atom is -0.349 e. The number of benzene rings is 1. The molecule has 0 saturated heterocycles. The Kier molecular flexibility index (Phi) is 8.42. The molecular formula is C17H26ClN3O2S. The molecule has 0 unspecified atom stereocenters. The maximum absolute atomic E-state index is 10.9. The van der Waals surface area contributed by atoms with Crippen LogP contribution in [0.4, 0.5) is 11.4 Å². The summed E-state index contributed by atoms with van der Waals surface area (Å²) in [7, 11) is 0. The molecule has 0 spiro atoms. The summed E-state index contributed by atoms with van der Waals surface area (Å²) in [4.78, 5) is 12.6. The fourth-order valence-electron chi connectivity index (χ4n) is 2.06. The summed E-state index contributed by atoms with van der Waals surface area (Å²) < 4.78 is 0. The topological polar surface area (TPSA) is 58.4 Å². The van der Waals surface area contributed by atoms with Gasteiger partial charge in [0.15, 0.2) is 5.11 Å². The molecule has 0 fully saturated rings. The Balaban J connectivity index is 2.85. The second-order valence-corrected chi connectivity index (χ2v) is 7.50. The number of anilines is 1. The third-order valence-corrected chi connectivity index (χ3v) is 4.33. The minimum atomic E-state index is -0.445. The van der Waals surface area contributed by atoms with E-state index >= 15 is 0 Å². The third kappa shape index (κ3) is 7.01. The lowest BCUT2D eigenvalue weighted by molar-refractivity contribution is -0.384. The Labute approximate surface area is 154 Å². The molecule has 134 valence electrons. The van der Waals surface area contributed by atoms with Gasteiger partial charge in [-0.3, -0.25) is 10.1 Å². The van der Waals surface area contributed by atoms with Gasteiger partial charge in [-0.15, -0.1) is 0 Å². The molecule has 1 aromatic carbocycles. The summed E-state index contributed by atoms with van der Waals surface area (Å²) in [5.41, 5.74) is 0.454. The average molecular weight is 372 g/mol. The van der Waals surface area contributed by atoms with Crippen molar-refractivity contribution in [3.63, 3.8) is 0 Å². The van der Waals surface area contributed by atoms with E-state index in [-0.39, 0.29) is 5.69 Å². The van der Waals surface area contributed by atoms with Crippen molar-refractivity contribution in [2.24, 2.45) is 11.8 Å². The zero-order valence-electron chi connectivity index (χ0n) is 14.7. The molecule has 0 saturated carbocycles. The summed E-state index contributed by atoms with van der Waals surface area (Å²) in [5.74, 6) is 1.16. The third-order valence-electron chi connectivity index (χ3n) is 3.64. The van der Waals surface area contributed by atoms with Crippen LogP contribution in [0.25, 0.3) is 0 Å². The molecule has 0 atom stereocenters. The first kappa shape index (κ1) is 20.6. The quantitative estimate of drug-likeness (QED) is 0.379. The Morgan fingerprint density at radius 1 is 1.25 bits per heavy atom. The highest BCUT2D eigenvalue weighted by atomic mass is 35.5. The molecule has 0 amide bonds. The first-order chi connectivity index (χ1) is 11.2. The highest BCUT2D eigenvalue weighted by molar-refractivity contribution is 7.80. The van der Waals surface area contributed by atoms with Gasteiger partial charge in [0.2, 0.25) is 0 Å². The van der Waals surface area contributed by atoms with E-state index in [2.05, 4.69) is 37.9 Å². The molecule has 1 N–H and O–H groups in total. The smallest absolute Gasteiger partial charge is 0.271 e. The molecule has 0 bridgehead atoms. The molecule has 1 aromatic rings. The van der Waals surface area contributed by atoms with E-state index < -0.39 is 4.92 Å². The number of nitrogens with zero attached hydrogens (tertiary/aromatic N) is 2. The van der Waals surface area contributed by atoms with Crippen molar-refractivity contribution in [3.8, 4) is 0 Å². The standard InChI is InChI=1S/C17H26ClN3O2S/c1-12(2)7-9-20(10-8-13(3)4)17(24)19-16-11-14(21(22)23)5-6-15(16)18/h5-6,11-13H,7-10H2,1-4H3,(H,19,24). The first-order valence-electron chi connectivity index (χ1n) is 8.20. The second kappa shape index (κ2) is 9.79. The van der Waals surface area contributed by atoms with Crippen molar-refractivity contribution in [1.82, 2.24) is 4.90 Å². The Hall–Kier alpha value is -1.40. The predicted molar refractivity (Wildman–Crippen MR) is 105 cm³/mol. The molecule has 24 heavy (non-hydrogen) atoms. The van der Waals surface area contributed by atoms with Gasteiger partial charge in [0, 0.05) is 25.2 Å². The zero-order valence-corrected chi connectivity index (χ0v) is 16.3. The number of non-ortho nitro benzene ring substituents is 1. The fraction of sp³-hybridized carbons (Fsp3) is 0.588. The number of thiocarbonyl (C=S) groups is 1. The van der Waals surface area contributed by atoms with Crippen LogP contribution >= 0.6 is 23.8 Å². The van der Waals surface area contributed by atoms with Crippen LogP contribution in [0.5, 0.6) is 0 Å². The van der Waals surface area contributed by atoms with Crippen molar-refractivity contribution in [2.75, 3.05) is 18.4 Å². The van der Waals surface area contributed by atoms with E-state index in [0.717, 1.165) is 25.9 Å². The number of nitro groups is 1. The molecular weight excluding hydrogens is 346 g/mol. The van der Waals surface area contributed by atoms with Gasteiger partial charge in [-0.1, -0.05) is 39.3 Å². The lowest BCUT2D eigenvalue weighted by Crippen LogP contribution is -2.37. The van der Waals surface area contributed by atoms with Crippen LogP contribution in [0.1, 0.15) is 40.5 Å². The SMILES string of the molecule is CC(C)CCN(CCC(C)C)C(=S)Nc1cc([N+](=O)[O-])ccc1Cl. The van der Waals surface area contributed by atoms with E-state index in [4.69, 9.17) is 23.8 Å². The summed E-state index contributed by atoms with van der Waals surface area (Å²) in [6.45, 7) is 10.4. The van der Waals surface area contributed by atoms with Crippen LogP contribution < -0.4 is 5.32 Å². The zero-order chi connectivity index (χ0) is 18.3. The molecule has 0 aliphatic rings. The van der Waals surface area contributed by atoms with E-state index in [1.165, 1.54) is 18.2 Å². The number of nitro benzene ring substituents is 1. The monoisotopic (exact) mass is 371 g/mol. The first-order valence-corrected chi connectivity index (χ1v) is 8.99. The predicted octanol–water partition coefficient (Wildman–Crippen LogP) is 5.34. The average Bonchev–Trinajstić information content (AvgIpc) is 2.48. The lowest BCUT2D eigenvalue weighted by Gasteiger charge is -2.27. The summed E-state index contributed by atoms with van der Waals surface area (Å²) in [6, 6.07) is 4.31. The Morgan fingerprint density at radius 2 is 1.79 bits per heavy atom. The van der Waals surface area contributed by atoms with Gasteiger partial charge in [0.1, 0.15) is 0 Å². The highest BCUT2D eigenvalue weighted by Gasteiger charge is 2.15. The Morgan fingerprint density at radius 3 is 2.25 bits per heavy atom. The number of rotatable bonds is 8. The Bertz CT molecular complexity index is 567. The number of hydrogen-bond acceptors (Lipinski definition) is 3. The van der Waals surface area contributed by atoms with Crippen molar-refractivity contribution in [1.29, 1.82) is 0 Å². The van der Waals surface area contributed by atoms with Crippen molar-refractivity contribution < 1.29 is 4.92 Å². The number of hydrogen-bond donors (Lipinski definition) is 1. The summed E-state index contributed by atoms with van der Waals surface area (Å²) in [5, 5.41) is 15.0. The molecule has 0 aliphatic carbocycles. The van der Waals surface area contributed by atoms with Crippen molar-refractivity contribution in [3.05, 3.63) is 33.3 Å². The second-order valence-electron chi connectivity index (χ2n) is 6.70. The summed E-state index contributed by atoms with van der Waals surface area (Å²) in [6.07, 6.45) is 2.06. The van der Waals surface area contributed by atoms with E-state index in [9.17, 15) is 10.1 Å². The molecule has 0 radical (unpaired) electrons. The minimum absolute atomic E-state index is 0.0133. The highest BCUT2D eigenvalue weighted by Crippen LogP contribution is 2.27. The molecule has 0 aromatic heterocycles. The van der Waals surface area contributed by atoms with Crippen LogP contribution in [0.15, 0.2) is 18.2 Å². The lowest BCUT2D eigenvalue weighted by atomic mass is 10.1. The van der Waals surface area contributed by atoms with Gasteiger partial charge in [-0.05, 0) is 43.0 Å². The molecule has 0 heterocycles. The molecule has 5 nitrogen and oxygen atoms in total. The largest absolute Gasteiger partial charge is 0.349 e. The molecule has 1 rings (SSSR count). The van der Waals surface area contributed by atoms with Gasteiger partial charge in [0.25, 0.3) is 5.69 Å².